The Kier molecular flexibility index (Phi) is 8.59. The van der Waals surface area contributed by atoms with Crippen molar-refractivity contribution in [2.24, 2.45) is 4.99 Å². The molecule has 3 aromatic rings. The van der Waals surface area contributed by atoms with Crippen LogP contribution in [-0.4, -0.2) is 30.0 Å². The lowest BCUT2D eigenvalue weighted by Gasteiger charge is -2.26. The first-order chi connectivity index (χ1) is 15.7. The number of nitriles is 1. The van der Waals surface area contributed by atoms with Crippen LogP contribution in [0.5, 0.6) is 11.5 Å². The quantitative estimate of drug-likeness (QED) is 0.313. The number of aliphatic imine (C=N–C) groups is 1. The molecule has 0 unspecified atom stereocenters. The molecule has 0 N–H and O–H groups in total. The molecule has 0 heterocycles. The van der Waals surface area contributed by atoms with E-state index in [-0.39, 0.29) is 0 Å². The Hall–Kier alpha value is -3.43. The lowest BCUT2D eigenvalue weighted by Crippen LogP contribution is -2.28. The molecule has 3 aromatic carbocycles. The number of ether oxygens (including phenoxy) is 2. The maximum absolute atomic E-state index is 9.51. The summed E-state index contributed by atoms with van der Waals surface area (Å²) < 4.78 is 10.6. The molecule has 5 nitrogen and oxygen atoms in total. The van der Waals surface area contributed by atoms with E-state index >= 15 is 0 Å². The van der Waals surface area contributed by atoms with Crippen LogP contribution in [0, 0.1) is 11.3 Å². The third-order valence-electron chi connectivity index (χ3n) is 4.85. The average Bonchev–Trinajstić information content (AvgIpc) is 2.84. The van der Waals surface area contributed by atoms with E-state index in [1.54, 1.807) is 32.0 Å². The first kappa shape index (κ1) is 23.2. The van der Waals surface area contributed by atoms with Gasteiger partial charge in [-0.3, -0.25) is 0 Å². The zero-order valence-electron chi connectivity index (χ0n) is 18.6. The smallest absolute Gasteiger partial charge is 0.165 e. The van der Waals surface area contributed by atoms with E-state index in [1.807, 2.05) is 42.5 Å². The fraction of sp³-hybridized carbons (Fsp3) is 0.231. The van der Waals surface area contributed by atoms with Gasteiger partial charge in [0.1, 0.15) is 17.6 Å². The third-order valence-corrected chi connectivity index (χ3v) is 5.75. The van der Waals surface area contributed by atoms with Crippen LogP contribution in [0.4, 0.5) is 5.69 Å². The molecule has 0 bridgehead atoms. The molecule has 0 aliphatic heterocycles. The Morgan fingerprint density at radius 1 is 0.875 bits per heavy atom. The van der Waals surface area contributed by atoms with E-state index in [2.05, 4.69) is 42.2 Å². The zero-order valence-corrected chi connectivity index (χ0v) is 19.4. The van der Waals surface area contributed by atoms with Crippen molar-refractivity contribution >= 4 is 22.6 Å². The number of benzene rings is 3. The lowest BCUT2D eigenvalue weighted by molar-refractivity contribution is 0.405. The minimum absolute atomic E-state index is 0.565. The van der Waals surface area contributed by atoms with Gasteiger partial charge in [0.2, 0.25) is 0 Å². The molecule has 0 saturated heterocycles. The standard InChI is InChI=1S/C26H27N3O2S/c1-4-32-26(28-25-8-6-5-7-22(25)17-27)29(18-20-9-13-23(30-2)14-10-20)19-21-11-15-24(31-3)16-12-21/h5-16H,4,18-19H2,1-3H3. The van der Waals surface area contributed by atoms with E-state index in [4.69, 9.17) is 14.5 Å². The van der Waals surface area contributed by atoms with Crippen molar-refractivity contribution in [1.82, 2.24) is 4.90 Å². The normalized spacial score (nSPS) is 11.0. The molecule has 0 radical (unpaired) electrons. The summed E-state index contributed by atoms with van der Waals surface area (Å²) in [6, 6.07) is 25.8. The van der Waals surface area contributed by atoms with Crippen LogP contribution < -0.4 is 9.47 Å². The lowest BCUT2D eigenvalue weighted by atomic mass is 10.1. The summed E-state index contributed by atoms with van der Waals surface area (Å²) in [5.74, 6) is 2.53. The van der Waals surface area contributed by atoms with Gasteiger partial charge in [-0.1, -0.05) is 55.1 Å². The Labute approximate surface area is 194 Å². The third kappa shape index (κ3) is 6.29. The summed E-state index contributed by atoms with van der Waals surface area (Å²) in [7, 11) is 3.33. The number of thioether (sulfide) groups is 1. The molecule has 32 heavy (non-hydrogen) atoms. The summed E-state index contributed by atoms with van der Waals surface area (Å²) in [5.41, 5.74) is 3.55. The van der Waals surface area contributed by atoms with E-state index < -0.39 is 0 Å². The number of hydrogen-bond acceptors (Lipinski definition) is 5. The second-order valence-corrected chi connectivity index (χ2v) is 8.24. The van der Waals surface area contributed by atoms with Gasteiger partial charge in [-0.25, -0.2) is 4.99 Å². The highest BCUT2D eigenvalue weighted by atomic mass is 32.2. The zero-order chi connectivity index (χ0) is 22.8. The van der Waals surface area contributed by atoms with E-state index in [0.29, 0.717) is 24.3 Å². The van der Waals surface area contributed by atoms with Crippen molar-refractivity contribution in [2.45, 2.75) is 20.0 Å². The summed E-state index contributed by atoms with van der Waals surface area (Å²) in [5, 5.41) is 10.4. The topological polar surface area (TPSA) is 57.9 Å². The van der Waals surface area contributed by atoms with Gasteiger partial charge in [-0.15, -0.1) is 0 Å². The van der Waals surface area contributed by atoms with Crippen molar-refractivity contribution < 1.29 is 9.47 Å². The minimum atomic E-state index is 0.565. The van der Waals surface area contributed by atoms with Gasteiger partial charge in [0, 0.05) is 13.1 Å². The number of nitrogens with zero attached hydrogens (tertiary/aromatic N) is 3. The summed E-state index contributed by atoms with van der Waals surface area (Å²) in [6.07, 6.45) is 0. The van der Waals surface area contributed by atoms with Crippen LogP contribution in [0.1, 0.15) is 23.6 Å². The van der Waals surface area contributed by atoms with Gasteiger partial charge in [0.05, 0.1) is 25.5 Å². The van der Waals surface area contributed by atoms with Gasteiger partial charge in [0.15, 0.2) is 5.17 Å². The molecule has 0 fully saturated rings. The van der Waals surface area contributed by atoms with Gasteiger partial charge >= 0.3 is 0 Å². The summed E-state index contributed by atoms with van der Waals surface area (Å²) in [6.45, 7) is 3.46. The van der Waals surface area contributed by atoms with E-state index in [1.165, 1.54) is 0 Å². The fourth-order valence-corrected chi connectivity index (χ4v) is 3.92. The molecule has 0 amide bonds. The van der Waals surface area contributed by atoms with Crippen LogP contribution in [0.15, 0.2) is 77.8 Å². The molecule has 0 aromatic heterocycles. The van der Waals surface area contributed by atoms with Crippen LogP contribution >= 0.6 is 11.8 Å². The Balaban J connectivity index is 1.97. The fourth-order valence-electron chi connectivity index (χ4n) is 3.19. The highest BCUT2D eigenvalue weighted by Crippen LogP contribution is 2.25. The maximum atomic E-state index is 9.51. The Morgan fingerprint density at radius 3 is 1.88 bits per heavy atom. The molecule has 0 aliphatic rings. The summed E-state index contributed by atoms with van der Waals surface area (Å²) in [4.78, 5) is 7.15. The second kappa shape index (κ2) is 11.8. The molecule has 6 heteroatoms. The van der Waals surface area contributed by atoms with Gasteiger partial charge in [-0.2, -0.15) is 5.26 Å². The van der Waals surface area contributed by atoms with Gasteiger partial charge < -0.3 is 14.4 Å². The molecule has 0 spiro atoms. The molecule has 0 aliphatic carbocycles. The molecular weight excluding hydrogens is 418 g/mol. The monoisotopic (exact) mass is 445 g/mol. The number of rotatable bonds is 8. The predicted molar refractivity (Wildman–Crippen MR) is 132 cm³/mol. The van der Waals surface area contributed by atoms with Crippen molar-refractivity contribution in [1.29, 1.82) is 5.26 Å². The highest BCUT2D eigenvalue weighted by molar-refractivity contribution is 8.13. The summed E-state index contributed by atoms with van der Waals surface area (Å²) >= 11 is 1.67. The molecule has 164 valence electrons. The number of amidine groups is 1. The molecule has 3 rings (SSSR count). The van der Waals surface area contributed by atoms with E-state index in [0.717, 1.165) is 33.5 Å². The minimum Gasteiger partial charge on any atom is -0.497 e. The number of para-hydroxylation sites is 1. The largest absolute Gasteiger partial charge is 0.497 e. The van der Waals surface area contributed by atoms with Gasteiger partial charge in [-0.05, 0) is 53.3 Å². The van der Waals surface area contributed by atoms with Crippen LogP contribution in [0.25, 0.3) is 0 Å². The van der Waals surface area contributed by atoms with Crippen molar-refractivity contribution in [3.63, 3.8) is 0 Å². The molecular formula is C26H27N3O2S. The first-order valence-electron chi connectivity index (χ1n) is 10.4. The maximum Gasteiger partial charge on any atom is 0.165 e. The molecule has 0 saturated carbocycles. The predicted octanol–water partition coefficient (Wildman–Crippen LogP) is 6.02. The van der Waals surface area contributed by atoms with Crippen molar-refractivity contribution in [2.75, 3.05) is 20.0 Å². The number of hydrogen-bond donors (Lipinski definition) is 0. The highest BCUT2D eigenvalue weighted by Gasteiger charge is 2.15. The average molecular weight is 446 g/mol. The second-order valence-electron chi connectivity index (χ2n) is 7.01. The molecule has 0 atom stereocenters. The van der Waals surface area contributed by atoms with Crippen LogP contribution in [-0.2, 0) is 13.1 Å². The number of methoxy groups -OCH3 is 2. The van der Waals surface area contributed by atoms with Crippen LogP contribution in [0.3, 0.4) is 0 Å². The van der Waals surface area contributed by atoms with Crippen LogP contribution in [0.2, 0.25) is 0 Å². The van der Waals surface area contributed by atoms with Crippen molar-refractivity contribution in [3.05, 3.63) is 89.5 Å². The Morgan fingerprint density at radius 2 is 1.41 bits per heavy atom. The first-order valence-corrected chi connectivity index (χ1v) is 11.4. The Bertz CT molecular complexity index is 1020. The van der Waals surface area contributed by atoms with E-state index in [9.17, 15) is 5.26 Å². The van der Waals surface area contributed by atoms with Crippen molar-refractivity contribution in [3.8, 4) is 17.6 Å². The van der Waals surface area contributed by atoms with Gasteiger partial charge in [0.25, 0.3) is 0 Å². The SMILES string of the molecule is CCSC(=Nc1ccccc1C#N)N(Cc1ccc(OC)cc1)Cc1ccc(OC)cc1.